The molecule has 0 radical (unpaired) electrons. The molecule has 0 aromatic heterocycles. The molecule has 1 fully saturated rings. The monoisotopic (exact) mass is 362 g/mol. The number of hydrogen-bond donors (Lipinski definition) is 1. The SMILES string of the molecule is CC(=O)OC(C)C(=O)NC(C(=O)c1ccc([N+](=O)[O-])cc1)C1CCCC1. The maximum absolute atomic E-state index is 12.9. The first-order valence-corrected chi connectivity index (χ1v) is 8.56. The first-order valence-electron chi connectivity index (χ1n) is 8.56. The Morgan fingerprint density at radius 1 is 1.19 bits per heavy atom. The summed E-state index contributed by atoms with van der Waals surface area (Å²) >= 11 is 0. The Kier molecular flexibility index (Phi) is 6.43. The number of nitrogens with zero attached hydrogens (tertiary/aromatic N) is 1. The average Bonchev–Trinajstić information content (AvgIpc) is 3.12. The Bertz CT molecular complexity index is 694. The van der Waals surface area contributed by atoms with Gasteiger partial charge >= 0.3 is 5.97 Å². The molecule has 8 heteroatoms. The third-order valence-electron chi connectivity index (χ3n) is 4.53. The van der Waals surface area contributed by atoms with E-state index in [1.807, 2.05) is 0 Å². The van der Waals surface area contributed by atoms with E-state index in [1.165, 1.54) is 38.1 Å². The van der Waals surface area contributed by atoms with E-state index >= 15 is 0 Å². The number of nitro benzene ring substituents is 1. The summed E-state index contributed by atoms with van der Waals surface area (Å²) in [6.45, 7) is 2.65. The summed E-state index contributed by atoms with van der Waals surface area (Å²) in [7, 11) is 0. The van der Waals surface area contributed by atoms with Crippen molar-refractivity contribution in [2.75, 3.05) is 0 Å². The van der Waals surface area contributed by atoms with Crippen LogP contribution < -0.4 is 5.32 Å². The first-order chi connectivity index (χ1) is 12.3. The minimum atomic E-state index is -0.999. The van der Waals surface area contributed by atoms with Crippen molar-refractivity contribution >= 4 is 23.3 Å². The van der Waals surface area contributed by atoms with Crippen LogP contribution in [0, 0.1) is 16.0 Å². The lowest BCUT2D eigenvalue weighted by atomic mass is 9.90. The number of amides is 1. The predicted octanol–water partition coefficient (Wildman–Crippen LogP) is 2.40. The summed E-state index contributed by atoms with van der Waals surface area (Å²) in [4.78, 5) is 46.4. The van der Waals surface area contributed by atoms with Crippen LogP contribution in [0.5, 0.6) is 0 Å². The molecule has 2 atom stereocenters. The van der Waals surface area contributed by atoms with Crippen molar-refractivity contribution in [2.24, 2.45) is 5.92 Å². The van der Waals surface area contributed by atoms with Gasteiger partial charge in [-0.1, -0.05) is 12.8 Å². The van der Waals surface area contributed by atoms with Gasteiger partial charge in [0.25, 0.3) is 11.6 Å². The number of Topliss-reactive ketones (excluding diaryl/α,β-unsaturated/α-hetero) is 1. The molecule has 1 aromatic carbocycles. The van der Waals surface area contributed by atoms with Gasteiger partial charge in [0.2, 0.25) is 0 Å². The lowest BCUT2D eigenvalue weighted by Crippen LogP contribution is -2.49. The van der Waals surface area contributed by atoms with Crippen LogP contribution >= 0.6 is 0 Å². The number of carbonyl (C=O) groups excluding carboxylic acids is 3. The van der Waals surface area contributed by atoms with Crippen molar-refractivity contribution in [3.63, 3.8) is 0 Å². The lowest BCUT2D eigenvalue weighted by Gasteiger charge is -2.25. The average molecular weight is 362 g/mol. The summed E-state index contributed by atoms with van der Waals surface area (Å²) in [5.74, 6) is -1.42. The third-order valence-corrected chi connectivity index (χ3v) is 4.53. The number of hydrogen-bond acceptors (Lipinski definition) is 6. The van der Waals surface area contributed by atoms with Crippen molar-refractivity contribution in [1.82, 2.24) is 5.32 Å². The third kappa shape index (κ3) is 4.87. The van der Waals surface area contributed by atoms with E-state index in [9.17, 15) is 24.5 Å². The largest absolute Gasteiger partial charge is 0.453 e. The molecule has 1 N–H and O–H groups in total. The molecule has 0 saturated heterocycles. The smallest absolute Gasteiger partial charge is 0.303 e. The summed E-state index contributed by atoms with van der Waals surface area (Å²) in [5.41, 5.74) is 0.194. The van der Waals surface area contributed by atoms with Crippen molar-refractivity contribution < 1.29 is 24.0 Å². The Balaban J connectivity index is 2.18. The van der Waals surface area contributed by atoms with Gasteiger partial charge in [0.15, 0.2) is 11.9 Å². The highest BCUT2D eigenvalue weighted by Gasteiger charge is 2.34. The van der Waals surface area contributed by atoms with Crippen LogP contribution in [0.3, 0.4) is 0 Å². The molecule has 26 heavy (non-hydrogen) atoms. The molecule has 2 unspecified atom stereocenters. The van der Waals surface area contributed by atoms with E-state index in [1.54, 1.807) is 0 Å². The number of benzene rings is 1. The van der Waals surface area contributed by atoms with E-state index in [0.717, 1.165) is 25.7 Å². The fourth-order valence-corrected chi connectivity index (χ4v) is 3.19. The second kappa shape index (κ2) is 8.55. The summed E-state index contributed by atoms with van der Waals surface area (Å²) < 4.78 is 4.87. The molecule has 0 bridgehead atoms. The molecule has 8 nitrogen and oxygen atoms in total. The van der Waals surface area contributed by atoms with Crippen LogP contribution in [0.4, 0.5) is 5.69 Å². The van der Waals surface area contributed by atoms with Crippen molar-refractivity contribution in [3.8, 4) is 0 Å². The highest BCUT2D eigenvalue weighted by molar-refractivity contribution is 6.02. The van der Waals surface area contributed by atoms with Crippen LogP contribution in [-0.4, -0.2) is 34.7 Å². The molecule has 1 aliphatic carbocycles. The van der Waals surface area contributed by atoms with Gasteiger partial charge in [-0.05, 0) is 37.8 Å². The molecule has 1 aromatic rings. The van der Waals surface area contributed by atoms with Crippen LogP contribution in [0.2, 0.25) is 0 Å². The van der Waals surface area contributed by atoms with Crippen molar-refractivity contribution in [2.45, 2.75) is 51.7 Å². The molecule has 1 aliphatic rings. The topological polar surface area (TPSA) is 116 Å². The zero-order chi connectivity index (χ0) is 19.3. The normalized spacial score (nSPS) is 16.5. The van der Waals surface area contributed by atoms with Crippen LogP contribution in [0.15, 0.2) is 24.3 Å². The fourth-order valence-electron chi connectivity index (χ4n) is 3.19. The Morgan fingerprint density at radius 2 is 1.77 bits per heavy atom. The molecule has 1 saturated carbocycles. The highest BCUT2D eigenvalue weighted by Crippen LogP contribution is 2.29. The van der Waals surface area contributed by atoms with Gasteiger partial charge in [-0.25, -0.2) is 0 Å². The van der Waals surface area contributed by atoms with Gasteiger partial charge < -0.3 is 10.1 Å². The van der Waals surface area contributed by atoms with Gasteiger partial charge in [0, 0.05) is 24.6 Å². The van der Waals surface area contributed by atoms with Crippen molar-refractivity contribution in [3.05, 3.63) is 39.9 Å². The van der Waals surface area contributed by atoms with Gasteiger partial charge in [-0.3, -0.25) is 24.5 Å². The summed E-state index contributed by atoms with van der Waals surface area (Å²) in [6.07, 6.45) is 2.58. The number of nitro groups is 1. The standard InChI is InChI=1S/C18H22N2O6/c1-11(26-12(2)21)18(23)19-16(13-5-3-4-6-13)17(22)14-7-9-15(10-8-14)20(24)25/h7-11,13,16H,3-6H2,1-2H3,(H,19,23). The van der Waals surface area contributed by atoms with Gasteiger partial charge in [-0.15, -0.1) is 0 Å². The zero-order valence-corrected chi connectivity index (χ0v) is 14.8. The van der Waals surface area contributed by atoms with Crippen molar-refractivity contribution in [1.29, 1.82) is 0 Å². The Labute approximate surface area is 151 Å². The van der Waals surface area contributed by atoms with E-state index in [-0.39, 0.29) is 17.4 Å². The predicted molar refractivity (Wildman–Crippen MR) is 92.5 cm³/mol. The van der Waals surface area contributed by atoms with Crippen LogP contribution in [0.25, 0.3) is 0 Å². The van der Waals surface area contributed by atoms with Gasteiger partial charge in [0.1, 0.15) is 0 Å². The number of non-ortho nitro benzene ring substituents is 1. The fraction of sp³-hybridized carbons (Fsp3) is 0.500. The number of ketones is 1. The molecule has 0 aliphatic heterocycles. The molecule has 140 valence electrons. The molecule has 0 heterocycles. The number of ether oxygens (including phenoxy) is 1. The Morgan fingerprint density at radius 3 is 2.27 bits per heavy atom. The highest BCUT2D eigenvalue weighted by atomic mass is 16.6. The minimum absolute atomic E-state index is 0.00818. The number of carbonyl (C=O) groups is 3. The minimum Gasteiger partial charge on any atom is -0.453 e. The van der Waals surface area contributed by atoms with Crippen LogP contribution in [-0.2, 0) is 14.3 Å². The van der Waals surface area contributed by atoms with E-state index in [4.69, 9.17) is 4.74 Å². The molecular weight excluding hydrogens is 340 g/mol. The lowest BCUT2D eigenvalue weighted by molar-refractivity contribution is -0.384. The van der Waals surface area contributed by atoms with Gasteiger partial charge in [-0.2, -0.15) is 0 Å². The second-order valence-corrected chi connectivity index (χ2v) is 6.45. The summed E-state index contributed by atoms with van der Waals surface area (Å²) in [6, 6.07) is 4.57. The maximum atomic E-state index is 12.9. The number of rotatable bonds is 7. The molecule has 2 rings (SSSR count). The quantitative estimate of drug-likeness (QED) is 0.345. The molecule has 0 spiro atoms. The number of nitrogens with one attached hydrogen (secondary N) is 1. The summed E-state index contributed by atoms with van der Waals surface area (Å²) in [5, 5.41) is 13.5. The van der Waals surface area contributed by atoms with E-state index < -0.39 is 28.9 Å². The van der Waals surface area contributed by atoms with E-state index in [0.29, 0.717) is 5.56 Å². The van der Waals surface area contributed by atoms with Gasteiger partial charge in [0.05, 0.1) is 11.0 Å². The number of esters is 1. The maximum Gasteiger partial charge on any atom is 0.303 e. The first kappa shape index (κ1) is 19.6. The Hall–Kier alpha value is -2.77. The van der Waals surface area contributed by atoms with E-state index in [2.05, 4.69) is 5.32 Å². The zero-order valence-electron chi connectivity index (χ0n) is 14.8. The second-order valence-electron chi connectivity index (χ2n) is 6.45. The van der Waals surface area contributed by atoms with Crippen LogP contribution in [0.1, 0.15) is 49.9 Å². The molecular formula is C18H22N2O6. The molecule has 1 amide bonds.